The van der Waals surface area contributed by atoms with E-state index in [1.165, 1.54) is 7.11 Å². The van der Waals surface area contributed by atoms with E-state index in [9.17, 15) is 9.59 Å². The summed E-state index contributed by atoms with van der Waals surface area (Å²) in [4.78, 5) is 32.5. The average Bonchev–Trinajstić information content (AvgIpc) is 3.46. The van der Waals surface area contributed by atoms with Crippen molar-refractivity contribution in [2.45, 2.75) is 18.3 Å². The van der Waals surface area contributed by atoms with Crippen molar-refractivity contribution in [3.05, 3.63) is 82.7 Å². The molecule has 4 aromatic rings. The van der Waals surface area contributed by atoms with Crippen LogP contribution in [0.2, 0.25) is 0 Å². The second kappa shape index (κ2) is 9.50. The molecule has 2 aliphatic rings. The van der Waals surface area contributed by atoms with Gasteiger partial charge in [-0.2, -0.15) is 0 Å². The molecular formula is C29H24N2O6S. The van der Waals surface area contributed by atoms with Gasteiger partial charge in [0.2, 0.25) is 18.5 Å². The predicted octanol–water partition coefficient (Wildman–Crippen LogP) is 5.46. The molecule has 6 rings (SSSR count). The predicted molar refractivity (Wildman–Crippen MR) is 143 cm³/mol. The van der Waals surface area contributed by atoms with Gasteiger partial charge in [0.15, 0.2) is 16.6 Å². The zero-order chi connectivity index (χ0) is 26.3. The summed E-state index contributed by atoms with van der Waals surface area (Å²) in [6, 6.07) is 20.1. The van der Waals surface area contributed by atoms with E-state index < -0.39 is 5.41 Å². The molecule has 9 heteroatoms. The number of ketones is 1. The van der Waals surface area contributed by atoms with Gasteiger partial charge in [-0.25, -0.2) is 4.98 Å². The van der Waals surface area contributed by atoms with Crippen LogP contribution in [0.5, 0.6) is 23.0 Å². The number of carbonyl (C=O) groups is 2. The fourth-order valence-electron chi connectivity index (χ4n) is 4.62. The topological polar surface area (TPSA) is 96.0 Å². The van der Waals surface area contributed by atoms with Crippen molar-refractivity contribution in [2.75, 3.05) is 26.3 Å². The lowest BCUT2D eigenvalue weighted by atomic mass is 9.94. The lowest BCUT2D eigenvalue weighted by molar-refractivity contribution is -0.118. The summed E-state index contributed by atoms with van der Waals surface area (Å²) in [5, 5.41) is 3.34. The number of carbonyl (C=O) groups excluding carboxylic acids is 2. The number of amides is 1. The highest BCUT2D eigenvalue weighted by atomic mass is 32.1. The minimum absolute atomic E-state index is 0.164. The molecule has 3 aromatic carbocycles. The molecule has 0 atom stereocenters. The number of benzene rings is 3. The van der Waals surface area contributed by atoms with Gasteiger partial charge in [0.25, 0.3) is 0 Å². The van der Waals surface area contributed by atoms with Gasteiger partial charge >= 0.3 is 0 Å². The van der Waals surface area contributed by atoms with Crippen LogP contribution in [-0.4, -0.2) is 37.7 Å². The molecule has 1 N–H and O–H groups in total. The van der Waals surface area contributed by atoms with Crippen LogP contribution in [0.3, 0.4) is 0 Å². The summed E-state index contributed by atoms with van der Waals surface area (Å²) in [6.45, 7) is 0.175. The minimum Gasteiger partial charge on any atom is -0.497 e. The number of hydrogen-bond donors (Lipinski definition) is 1. The van der Waals surface area contributed by atoms with E-state index in [4.69, 9.17) is 23.9 Å². The molecule has 0 spiro atoms. The number of nitrogens with one attached hydrogen (secondary N) is 1. The Bertz CT molecular complexity index is 1540. The van der Waals surface area contributed by atoms with Crippen molar-refractivity contribution < 1.29 is 28.5 Å². The molecule has 0 saturated heterocycles. The van der Waals surface area contributed by atoms with Gasteiger partial charge in [-0.3, -0.25) is 9.59 Å². The van der Waals surface area contributed by atoms with E-state index in [0.29, 0.717) is 57.1 Å². The highest BCUT2D eigenvalue weighted by Crippen LogP contribution is 2.51. The molecule has 1 saturated carbocycles. The van der Waals surface area contributed by atoms with Crippen LogP contribution in [0.15, 0.2) is 66.7 Å². The van der Waals surface area contributed by atoms with Crippen molar-refractivity contribution in [1.82, 2.24) is 4.98 Å². The second-order valence-electron chi connectivity index (χ2n) is 9.06. The molecule has 38 heavy (non-hydrogen) atoms. The Morgan fingerprint density at radius 1 is 0.947 bits per heavy atom. The van der Waals surface area contributed by atoms with E-state index in [1.807, 2.05) is 48.5 Å². The monoisotopic (exact) mass is 528 g/mol. The third kappa shape index (κ3) is 4.14. The van der Waals surface area contributed by atoms with Crippen molar-refractivity contribution >= 4 is 28.2 Å². The molecule has 1 aliphatic heterocycles. The first-order valence-electron chi connectivity index (χ1n) is 12.1. The van der Waals surface area contributed by atoms with Gasteiger partial charge in [0, 0.05) is 5.56 Å². The third-order valence-electron chi connectivity index (χ3n) is 6.86. The second-order valence-corrected chi connectivity index (χ2v) is 10.1. The minimum atomic E-state index is -0.667. The number of nitrogens with zero attached hydrogens (tertiary/aromatic N) is 1. The Morgan fingerprint density at radius 3 is 2.47 bits per heavy atom. The molecule has 0 bridgehead atoms. The largest absolute Gasteiger partial charge is 0.497 e. The normalized spacial score (nSPS) is 14.6. The lowest BCUT2D eigenvalue weighted by Crippen LogP contribution is -2.27. The van der Waals surface area contributed by atoms with Crippen LogP contribution in [0, 0.1) is 0 Å². The average molecular weight is 529 g/mol. The number of ether oxygens (including phenoxy) is 4. The van der Waals surface area contributed by atoms with E-state index in [1.54, 1.807) is 25.3 Å². The lowest BCUT2D eigenvalue weighted by Gasteiger charge is -2.15. The molecule has 0 unspecified atom stereocenters. The van der Waals surface area contributed by atoms with E-state index in [2.05, 4.69) is 5.32 Å². The maximum atomic E-state index is 13.8. The summed E-state index contributed by atoms with van der Waals surface area (Å²) in [7, 11) is 3.06. The fraction of sp³-hybridized carbons (Fsp3) is 0.207. The summed E-state index contributed by atoms with van der Waals surface area (Å²) in [5.41, 5.74) is 1.82. The van der Waals surface area contributed by atoms with E-state index in [-0.39, 0.29) is 18.5 Å². The molecule has 2 heterocycles. The summed E-state index contributed by atoms with van der Waals surface area (Å²) < 4.78 is 21.7. The van der Waals surface area contributed by atoms with Crippen molar-refractivity contribution in [2.24, 2.45) is 0 Å². The SMILES string of the molecule is COc1ccc(OC)c(C(=O)c2sc(NC(=O)C3(c4ccc5c(c4)OCO5)CC3)nc2-c2ccccc2)c1. The van der Waals surface area contributed by atoms with Crippen LogP contribution >= 0.6 is 11.3 Å². The molecule has 192 valence electrons. The number of aromatic nitrogens is 1. The first kappa shape index (κ1) is 24.0. The Kier molecular flexibility index (Phi) is 6.00. The molecule has 0 radical (unpaired) electrons. The molecule has 1 aromatic heterocycles. The van der Waals surface area contributed by atoms with Crippen molar-refractivity contribution in [1.29, 1.82) is 0 Å². The summed E-state index contributed by atoms with van der Waals surface area (Å²) >= 11 is 1.14. The molecular weight excluding hydrogens is 504 g/mol. The van der Waals surface area contributed by atoms with Gasteiger partial charge < -0.3 is 24.3 Å². The first-order valence-corrected chi connectivity index (χ1v) is 12.9. The highest BCUT2D eigenvalue weighted by molar-refractivity contribution is 7.18. The van der Waals surface area contributed by atoms with Crippen LogP contribution < -0.4 is 24.3 Å². The number of methoxy groups -OCH3 is 2. The zero-order valence-electron chi connectivity index (χ0n) is 20.8. The third-order valence-corrected chi connectivity index (χ3v) is 7.83. The maximum absolute atomic E-state index is 13.8. The van der Waals surface area contributed by atoms with Crippen LogP contribution in [0.1, 0.15) is 33.6 Å². The van der Waals surface area contributed by atoms with Crippen LogP contribution in [0.4, 0.5) is 5.13 Å². The number of anilines is 1. The summed E-state index contributed by atoms with van der Waals surface area (Å²) in [5.74, 6) is 1.84. The molecule has 1 amide bonds. The van der Waals surface area contributed by atoms with Gasteiger partial charge in [-0.1, -0.05) is 47.7 Å². The Labute approximate surface area is 223 Å². The van der Waals surface area contributed by atoms with Gasteiger partial charge in [0.05, 0.1) is 30.9 Å². The quantitative estimate of drug-likeness (QED) is 0.304. The van der Waals surface area contributed by atoms with Crippen LogP contribution in [-0.2, 0) is 10.2 Å². The van der Waals surface area contributed by atoms with E-state index in [0.717, 1.165) is 22.5 Å². The number of hydrogen-bond acceptors (Lipinski definition) is 8. The smallest absolute Gasteiger partial charge is 0.236 e. The van der Waals surface area contributed by atoms with Gasteiger partial charge in [-0.05, 0) is 48.7 Å². The van der Waals surface area contributed by atoms with Crippen molar-refractivity contribution in [3.63, 3.8) is 0 Å². The fourth-order valence-corrected chi connectivity index (χ4v) is 5.55. The molecule has 1 aliphatic carbocycles. The van der Waals surface area contributed by atoms with Gasteiger partial charge in [0.1, 0.15) is 16.4 Å². The number of rotatable bonds is 8. The highest BCUT2D eigenvalue weighted by Gasteiger charge is 2.52. The molecule has 1 fully saturated rings. The maximum Gasteiger partial charge on any atom is 0.236 e. The molecule has 8 nitrogen and oxygen atoms in total. The summed E-state index contributed by atoms with van der Waals surface area (Å²) in [6.07, 6.45) is 1.42. The number of fused-ring (bicyclic) bond motifs is 1. The van der Waals surface area contributed by atoms with E-state index >= 15 is 0 Å². The number of thiazole rings is 1. The van der Waals surface area contributed by atoms with Crippen molar-refractivity contribution in [3.8, 4) is 34.3 Å². The first-order chi connectivity index (χ1) is 18.5. The van der Waals surface area contributed by atoms with Crippen LogP contribution in [0.25, 0.3) is 11.3 Å². The standard InChI is InChI=1S/C29H24N2O6S/c1-34-19-9-11-21(35-2)20(15-19)25(32)26-24(17-6-4-3-5-7-17)30-28(38-26)31-27(33)29(12-13-29)18-8-10-22-23(14-18)37-16-36-22/h3-11,14-15H,12-13,16H2,1-2H3,(H,30,31,33). The Hall–Kier alpha value is -4.37. The Balaban J connectivity index is 1.35. The van der Waals surface area contributed by atoms with Gasteiger partial charge in [-0.15, -0.1) is 0 Å². The zero-order valence-corrected chi connectivity index (χ0v) is 21.6. The Morgan fingerprint density at radius 2 is 1.74 bits per heavy atom.